The van der Waals surface area contributed by atoms with Crippen LogP contribution in [0, 0.1) is 5.82 Å². The van der Waals surface area contributed by atoms with E-state index in [1.165, 1.54) is 18.2 Å². The Balaban J connectivity index is 2.63. The van der Waals surface area contributed by atoms with E-state index >= 15 is 0 Å². The summed E-state index contributed by atoms with van der Waals surface area (Å²) in [5.41, 5.74) is 0.196. The van der Waals surface area contributed by atoms with Crippen LogP contribution < -0.4 is 10.6 Å². The largest absolute Gasteiger partial charge is 0.355 e. The van der Waals surface area contributed by atoms with Crippen LogP contribution in [0.2, 0.25) is 0 Å². The second-order valence-electron chi connectivity index (χ2n) is 3.60. The molecule has 1 aromatic carbocycles. The monoisotopic (exact) mass is 238 g/mol. The van der Waals surface area contributed by atoms with Gasteiger partial charge in [-0.05, 0) is 32.0 Å². The van der Waals surface area contributed by atoms with Crippen molar-refractivity contribution in [1.29, 1.82) is 0 Å². The van der Waals surface area contributed by atoms with Gasteiger partial charge in [0.25, 0.3) is 5.91 Å². The number of benzene rings is 1. The van der Waals surface area contributed by atoms with E-state index in [9.17, 15) is 14.0 Å². The molecule has 0 bridgehead atoms. The van der Waals surface area contributed by atoms with Gasteiger partial charge < -0.3 is 10.6 Å². The second-order valence-corrected chi connectivity index (χ2v) is 3.60. The first-order valence-corrected chi connectivity index (χ1v) is 5.38. The van der Waals surface area contributed by atoms with Crippen molar-refractivity contribution in [1.82, 2.24) is 10.6 Å². The summed E-state index contributed by atoms with van der Waals surface area (Å²) >= 11 is 0. The number of rotatable bonds is 4. The first-order chi connectivity index (χ1) is 8.04. The third-order valence-corrected chi connectivity index (χ3v) is 2.18. The van der Waals surface area contributed by atoms with Gasteiger partial charge in [-0.15, -0.1) is 0 Å². The minimum absolute atomic E-state index is 0.196. The quantitative estimate of drug-likeness (QED) is 0.824. The highest BCUT2D eigenvalue weighted by Crippen LogP contribution is 2.03. The van der Waals surface area contributed by atoms with E-state index in [1.54, 1.807) is 13.8 Å². The summed E-state index contributed by atoms with van der Waals surface area (Å²) in [6.07, 6.45) is 0. The van der Waals surface area contributed by atoms with Crippen molar-refractivity contribution in [3.8, 4) is 0 Å². The Morgan fingerprint density at radius 1 is 1.41 bits per heavy atom. The number of likely N-dealkylation sites (N-methyl/N-ethyl adjacent to an activating group) is 1. The van der Waals surface area contributed by atoms with E-state index in [1.807, 2.05) is 0 Å². The number of hydrogen-bond acceptors (Lipinski definition) is 2. The normalized spacial score (nSPS) is 11.7. The zero-order chi connectivity index (χ0) is 12.8. The second kappa shape index (κ2) is 5.98. The average molecular weight is 238 g/mol. The van der Waals surface area contributed by atoms with Gasteiger partial charge in [0, 0.05) is 12.1 Å². The molecule has 0 aromatic heterocycles. The molecule has 0 radical (unpaired) electrons. The average Bonchev–Trinajstić information content (AvgIpc) is 2.29. The SMILES string of the molecule is CCNC(=O)C(C)NC(=O)c1cccc(F)c1. The molecule has 0 spiro atoms. The molecular formula is C12H15FN2O2. The summed E-state index contributed by atoms with van der Waals surface area (Å²) in [5.74, 6) is -1.22. The molecule has 17 heavy (non-hydrogen) atoms. The van der Waals surface area contributed by atoms with Crippen molar-refractivity contribution in [3.05, 3.63) is 35.6 Å². The summed E-state index contributed by atoms with van der Waals surface area (Å²) < 4.78 is 12.9. The molecule has 0 heterocycles. The number of hydrogen-bond donors (Lipinski definition) is 2. The highest BCUT2D eigenvalue weighted by atomic mass is 19.1. The van der Waals surface area contributed by atoms with Crippen molar-refractivity contribution in [2.45, 2.75) is 19.9 Å². The van der Waals surface area contributed by atoms with E-state index in [0.717, 1.165) is 6.07 Å². The van der Waals surface area contributed by atoms with Crippen LogP contribution in [0.1, 0.15) is 24.2 Å². The van der Waals surface area contributed by atoms with Crippen molar-refractivity contribution in [3.63, 3.8) is 0 Å². The first-order valence-electron chi connectivity index (χ1n) is 5.38. The van der Waals surface area contributed by atoms with Gasteiger partial charge in [-0.2, -0.15) is 0 Å². The van der Waals surface area contributed by atoms with Crippen molar-refractivity contribution in [2.75, 3.05) is 6.54 Å². The molecule has 1 rings (SSSR count). The molecule has 0 aliphatic carbocycles. The minimum Gasteiger partial charge on any atom is -0.355 e. The standard InChI is InChI=1S/C12H15FN2O2/c1-3-14-11(16)8(2)15-12(17)9-5-4-6-10(13)7-9/h4-8H,3H2,1-2H3,(H,14,16)(H,15,17). The Labute approximate surface area is 99.2 Å². The number of amides is 2. The van der Waals surface area contributed by atoms with E-state index in [0.29, 0.717) is 6.54 Å². The Hall–Kier alpha value is -1.91. The van der Waals surface area contributed by atoms with Crippen LogP contribution in [0.4, 0.5) is 4.39 Å². The van der Waals surface area contributed by atoms with E-state index in [2.05, 4.69) is 10.6 Å². The van der Waals surface area contributed by atoms with Crippen LogP contribution in [0.5, 0.6) is 0 Å². The lowest BCUT2D eigenvalue weighted by Gasteiger charge is -2.13. The van der Waals surface area contributed by atoms with Crippen molar-refractivity contribution >= 4 is 11.8 Å². The predicted octanol–water partition coefficient (Wildman–Crippen LogP) is 1.08. The lowest BCUT2D eigenvalue weighted by Crippen LogP contribution is -2.44. The highest BCUT2D eigenvalue weighted by Gasteiger charge is 2.15. The Morgan fingerprint density at radius 3 is 2.71 bits per heavy atom. The molecule has 2 amide bonds. The van der Waals surface area contributed by atoms with Crippen molar-refractivity contribution < 1.29 is 14.0 Å². The summed E-state index contributed by atoms with van der Waals surface area (Å²) in [6, 6.07) is 4.67. The number of halogens is 1. The van der Waals surface area contributed by atoms with Gasteiger partial charge in [-0.1, -0.05) is 6.07 Å². The summed E-state index contributed by atoms with van der Waals surface area (Å²) in [6.45, 7) is 3.86. The maximum atomic E-state index is 12.9. The summed E-state index contributed by atoms with van der Waals surface area (Å²) in [5, 5.41) is 5.08. The molecular weight excluding hydrogens is 223 g/mol. The molecule has 5 heteroatoms. The molecule has 1 atom stereocenters. The minimum atomic E-state index is -0.647. The van der Waals surface area contributed by atoms with Crippen LogP contribution >= 0.6 is 0 Å². The third-order valence-electron chi connectivity index (χ3n) is 2.18. The zero-order valence-corrected chi connectivity index (χ0v) is 9.79. The number of carbonyl (C=O) groups excluding carboxylic acids is 2. The fourth-order valence-corrected chi connectivity index (χ4v) is 1.30. The van der Waals surface area contributed by atoms with Gasteiger partial charge in [0.15, 0.2) is 0 Å². The molecule has 4 nitrogen and oxygen atoms in total. The van der Waals surface area contributed by atoms with Gasteiger partial charge in [0.2, 0.25) is 5.91 Å². The van der Waals surface area contributed by atoms with E-state index in [-0.39, 0.29) is 11.5 Å². The van der Waals surface area contributed by atoms with Crippen molar-refractivity contribution in [2.24, 2.45) is 0 Å². The Kier molecular flexibility index (Phi) is 4.63. The maximum Gasteiger partial charge on any atom is 0.252 e. The molecule has 1 aromatic rings. The van der Waals surface area contributed by atoms with Crippen LogP contribution in [-0.4, -0.2) is 24.4 Å². The summed E-state index contributed by atoms with van der Waals surface area (Å²) in [4.78, 5) is 23.0. The maximum absolute atomic E-state index is 12.9. The smallest absolute Gasteiger partial charge is 0.252 e. The van der Waals surface area contributed by atoms with Gasteiger partial charge in [-0.3, -0.25) is 9.59 Å². The number of carbonyl (C=O) groups is 2. The zero-order valence-electron chi connectivity index (χ0n) is 9.79. The van der Waals surface area contributed by atoms with Gasteiger partial charge in [0.05, 0.1) is 0 Å². The molecule has 0 fully saturated rings. The molecule has 1 unspecified atom stereocenters. The molecule has 0 saturated carbocycles. The molecule has 2 N–H and O–H groups in total. The topological polar surface area (TPSA) is 58.2 Å². The lowest BCUT2D eigenvalue weighted by molar-refractivity contribution is -0.122. The fraction of sp³-hybridized carbons (Fsp3) is 0.333. The molecule has 0 aliphatic rings. The van der Waals surface area contributed by atoms with E-state index < -0.39 is 17.8 Å². The predicted molar refractivity (Wildman–Crippen MR) is 62.0 cm³/mol. The molecule has 92 valence electrons. The fourth-order valence-electron chi connectivity index (χ4n) is 1.30. The van der Waals surface area contributed by atoms with Gasteiger partial charge in [-0.25, -0.2) is 4.39 Å². The Bertz CT molecular complexity index is 421. The van der Waals surface area contributed by atoms with Crippen LogP contribution in [0.25, 0.3) is 0 Å². The van der Waals surface area contributed by atoms with Crippen LogP contribution in [-0.2, 0) is 4.79 Å². The summed E-state index contributed by atoms with van der Waals surface area (Å²) in [7, 11) is 0. The van der Waals surface area contributed by atoms with E-state index in [4.69, 9.17) is 0 Å². The molecule has 0 saturated heterocycles. The Morgan fingerprint density at radius 2 is 2.12 bits per heavy atom. The van der Waals surface area contributed by atoms with Gasteiger partial charge in [0.1, 0.15) is 11.9 Å². The third kappa shape index (κ3) is 3.86. The van der Waals surface area contributed by atoms with Gasteiger partial charge >= 0.3 is 0 Å². The lowest BCUT2D eigenvalue weighted by atomic mass is 10.2. The first kappa shape index (κ1) is 13.2. The highest BCUT2D eigenvalue weighted by molar-refractivity contribution is 5.97. The number of nitrogens with one attached hydrogen (secondary N) is 2. The van der Waals surface area contributed by atoms with Crippen LogP contribution in [0.15, 0.2) is 24.3 Å². The molecule has 0 aliphatic heterocycles. The van der Waals surface area contributed by atoms with Crippen LogP contribution in [0.3, 0.4) is 0 Å².